The van der Waals surface area contributed by atoms with Crippen LogP contribution in [0.4, 0.5) is 17.1 Å². The quantitative estimate of drug-likeness (QED) is 0.433. The fourth-order valence-corrected chi connectivity index (χ4v) is 2.35. The maximum absolute atomic E-state index is 11.2. The van der Waals surface area contributed by atoms with Crippen LogP contribution in [0.3, 0.4) is 0 Å². The summed E-state index contributed by atoms with van der Waals surface area (Å²) in [5, 5.41) is 20.2. The number of hydrogen-bond donors (Lipinski definition) is 2. The third kappa shape index (κ3) is 3.60. The maximum atomic E-state index is 11.2. The van der Waals surface area contributed by atoms with Crippen LogP contribution in [0.15, 0.2) is 12.1 Å². The van der Waals surface area contributed by atoms with Crippen molar-refractivity contribution < 1.29 is 10.0 Å². The number of nitro groups is 1. The summed E-state index contributed by atoms with van der Waals surface area (Å²) in [6, 6.07) is 3.51. The van der Waals surface area contributed by atoms with Crippen molar-refractivity contribution in [3.8, 4) is 0 Å². The molecule has 1 rings (SSSR count). The summed E-state index contributed by atoms with van der Waals surface area (Å²) in [5.41, 5.74) is 7.32. The van der Waals surface area contributed by atoms with E-state index in [1.54, 1.807) is 6.07 Å². The molecule has 6 nitrogen and oxygen atoms in total. The van der Waals surface area contributed by atoms with Crippen LogP contribution in [0.2, 0.25) is 0 Å². The molecular weight excluding hydrogens is 258 g/mol. The van der Waals surface area contributed by atoms with Crippen molar-refractivity contribution in [1.29, 1.82) is 0 Å². The minimum absolute atomic E-state index is 0.0752. The van der Waals surface area contributed by atoms with Gasteiger partial charge in [-0.1, -0.05) is 13.8 Å². The van der Waals surface area contributed by atoms with Gasteiger partial charge in [-0.05, 0) is 25.0 Å². The number of nitrogen functional groups attached to an aromatic ring is 1. The van der Waals surface area contributed by atoms with Crippen LogP contribution in [0, 0.1) is 10.1 Å². The van der Waals surface area contributed by atoms with E-state index in [0.29, 0.717) is 11.3 Å². The van der Waals surface area contributed by atoms with Gasteiger partial charge >= 0.3 is 0 Å². The van der Waals surface area contributed by atoms with Gasteiger partial charge in [0.25, 0.3) is 5.69 Å². The topological polar surface area (TPSA) is 92.6 Å². The van der Waals surface area contributed by atoms with Crippen LogP contribution in [-0.4, -0.2) is 29.7 Å². The fraction of sp³-hybridized carbons (Fsp3) is 0.571. The van der Waals surface area contributed by atoms with E-state index in [9.17, 15) is 10.1 Å². The first-order valence-corrected chi connectivity index (χ1v) is 6.98. The summed E-state index contributed by atoms with van der Waals surface area (Å²) >= 11 is 0. The minimum Gasteiger partial charge on any atom is -0.396 e. The molecule has 6 heteroatoms. The Morgan fingerprint density at radius 2 is 1.90 bits per heavy atom. The number of nitro benzene ring substituents is 1. The van der Waals surface area contributed by atoms with Crippen molar-refractivity contribution in [2.24, 2.45) is 0 Å². The highest BCUT2D eigenvalue weighted by Gasteiger charge is 2.22. The zero-order valence-corrected chi connectivity index (χ0v) is 12.1. The van der Waals surface area contributed by atoms with Gasteiger partial charge in [-0.15, -0.1) is 0 Å². The van der Waals surface area contributed by atoms with Crippen molar-refractivity contribution >= 4 is 17.1 Å². The SMILES string of the molecule is CCCN(CCC)c1ccc(CCO)c([N+](=O)[O-])c1N. The van der Waals surface area contributed by atoms with E-state index in [0.717, 1.165) is 25.9 Å². The molecule has 0 spiro atoms. The van der Waals surface area contributed by atoms with Gasteiger partial charge in [0.2, 0.25) is 0 Å². The lowest BCUT2D eigenvalue weighted by Crippen LogP contribution is -2.26. The lowest BCUT2D eigenvalue weighted by Gasteiger charge is -2.25. The number of aliphatic hydroxyl groups is 1. The second-order valence-electron chi connectivity index (χ2n) is 4.72. The Balaban J connectivity index is 3.27. The second kappa shape index (κ2) is 7.69. The van der Waals surface area contributed by atoms with Gasteiger partial charge in [0.15, 0.2) is 0 Å². The zero-order valence-electron chi connectivity index (χ0n) is 12.1. The summed E-state index contributed by atoms with van der Waals surface area (Å²) in [6.45, 7) is 5.62. The van der Waals surface area contributed by atoms with Gasteiger partial charge in [-0.3, -0.25) is 10.1 Å². The van der Waals surface area contributed by atoms with E-state index in [-0.39, 0.29) is 24.4 Å². The van der Waals surface area contributed by atoms with Gasteiger partial charge in [0.05, 0.1) is 10.6 Å². The molecule has 0 unspecified atom stereocenters. The normalized spacial score (nSPS) is 10.6. The van der Waals surface area contributed by atoms with E-state index < -0.39 is 4.92 Å². The first-order valence-electron chi connectivity index (χ1n) is 6.98. The third-order valence-electron chi connectivity index (χ3n) is 3.17. The molecule has 1 aromatic rings. The summed E-state index contributed by atoms with van der Waals surface area (Å²) in [7, 11) is 0. The Labute approximate surface area is 119 Å². The fourth-order valence-electron chi connectivity index (χ4n) is 2.35. The van der Waals surface area contributed by atoms with E-state index in [4.69, 9.17) is 10.8 Å². The summed E-state index contributed by atoms with van der Waals surface area (Å²) in [5.74, 6) is 0. The standard InChI is InChI=1S/C14H23N3O3/c1-3-8-16(9-4-2)12-6-5-11(7-10-18)14(13(12)15)17(19)20/h5-6,18H,3-4,7-10,15H2,1-2H3. The van der Waals surface area contributed by atoms with Crippen LogP contribution in [0.5, 0.6) is 0 Å². The molecule has 0 radical (unpaired) electrons. The molecule has 0 aliphatic heterocycles. The number of hydrogen-bond acceptors (Lipinski definition) is 5. The molecule has 1 aromatic carbocycles. The van der Waals surface area contributed by atoms with Crippen LogP contribution in [-0.2, 0) is 6.42 Å². The Morgan fingerprint density at radius 3 is 2.35 bits per heavy atom. The molecule has 20 heavy (non-hydrogen) atoms. The molecular formula is C14H23N3O3. The van der Waals surface area contributed by atoms with Crippen molar-refractivity contribution in [3.63, 3.8) is 0 Å². The Morgan fingerprint density at radius 1 is 1.30 bits per heavy atom. The van der Waals surface area contributed by atoms with Gasteiger partial charge in [-0.25, -0.2) is 0 Å². The molecule has 0 amide bonds. The monoisotopic (exact) mass is 281 g/mol. The summed E-state index contributed by atoms with van der Waals surface area (Å²) in [6.07, 6.45) is 2.14. The number of nitrogens with zero attached hydrogens (tertiary/aromatic N) is 2. The number of rotatable bonds is 8. The van der Waals surface area contributed by atoms with Crippen molar-refractivity contribution in [2.75, 3.05) is 30.3 Å². The summed E-state index contributed by atoms with van der Waals surface area (Å²) < 4.78 is 0. The van der Waals surface area contributed by atoms with Gasteiger partial charge < -0.3 is 15.7 Å². The van der Waals surface area contributed by atoms with Crippen LogP contribution < -0.4 is 10.6 Å². The second-order valence-corrected chi connectivity index (χ2v) is 4.72. The predicted molar refractivity (Wildman–Crippen MR) is 81.1 cm³/mol. The van der Waals surface area contributed by atoms with Crippen LogP contribution >= 0.6 is 0 Å². The average molecular weight is 281 g/mol. The molecule has 3 N–H and O–H groups in total. The number of benzene rings is 1. The highest BCUT2D eigenvalue weighted by molar-refractivity contribution is 5.79. The van der Waals surface area contributed by atoms with Crippen molar-refractivity contribution in [1.82, 2.24) is 0 Å². The molecule has 0 saturated carbocycles. The number of anilines is 2. The lowest BCUT2D eigenvalue weighted by molar-refractivity contribution is -0.384. The van der Waals surface area contributed by atoms with Crippen LogP contribution in [0.25, 0.3) is 0 Å². The van der Waals surface area contributed by atoms with Gasteiger partial charge in [0.1, 0.15) is 5.69 Å². The van der Waals surface area contributed by atoms with E-state index in [1.165, 1.54) is 0 Å². The van der Waals surface area contributed by atoms with E-state index in [2.05, 4.69) is 18.7 Å². The molecule has 0 atom stereocenters. The molecule has 0 bridgehead atoms. The zero-order chi connectivity index (χ0) is 15.1. The average Bonchev–Trinajstić information content (AvgIpc) is 2.39. The molecule has 0 aromatic heterocycles. The molecule has 0 fully saturated rings. The third-order valence-corrected chi connectivity index (χ3v) is 3.17. The largest absolute Gasteiger partial charge is 0.396 e. The Kier molecular flexibility index (Phi) is 6.24. The minimum atomic E-state index is -0.458. The van der Waals surface area contributed by atoms with E-state index >= 15 is 0 Å². The smallest absolute Gasteiger partial charge is 0.297 e. The summed E-state index contributed by atoms with van der Waals surface area (Å²) in [4.78, 5) is 12.8. The first-order chi connectivity index (χ1) is 9.56. The lowest BCUT2D eigenvalue weighted by atomic mass is 10.1. The Bertz CT molecular complexity index is 457. The molecule has 0 heterocycles. The van der Waals surface area contributed by atoms with Crippen molar-refractivity contribution in [2.45, 2.75) is 33.1 Å². The highest BCUT2D eigenvalue weighted by atomic mass is 16.6. The molecule has 0 aliphatic carbocycles. The first kappa shape index (κ1) is 16.2. The van der Waals surface area contributed by atoms with Gasteiger partial charge in [0, 0.05) is 31.7 Å². The van der Waals surface area contributed by atoms with E-state index in [1.807, 2.05) is 6.07 Å². The predicted octanol–water partition coefficient (Wildman–Crippen LogP) is 2.34. The molecule has 0 aliphatic rings. The van der Waals surface area contributed by atoms with Crippen LogP contribution in [0.1, 0.15) is 32.3 Å². The maximum Gasteiger partial charge on any atom is 0.297 e. The number of aliphatic hydroxyl groups excluding tert-OH is 1. The molecule has 0 saturated heterocycles. The highest BCUT2D eigenvalue weighted by Crippen LogP contribution is 2.35. The molecule has 112 valence electrons. The van der Waals surface area contributed by atoms with Crippen molar-refractivity contribution in [3.05, 3.63) is 27.8 Å². The van der Waals surface area contributed by atoms with Gasteiger partial charge in [-0.2, -0.15) is 0 Å². The number of nitrogens with two attached hydrogens (primary N) is 1. The Hall–Kier alpha value is -1.82.